The number of rotatable bonds is 10. The van der Waals surface area contributed by atoms with Crippen molar-refractivity contribution in [1.82, 2.24) is 14.9 Å². The number of imidazole rings is 1. The largest absolute Gasteiger partial charge is 0.493 e. The molecule has 0 spiro atoms. The second-order valence-corrected chi connectivity index (χ2v) is 7.38. The quantitative estimate of drug-likeness (QED) is 0.513. The SMILES string of the molecule is CCC(=O)NCCCc1nc2ccccc2n1CCCOc1cccc(C)c1C. The van der Waals surface area contributed by atoms with E-state index in [0.717, 1.165) is 48.4 Å². The number of carbonyl (C=O) groups is 1. The maximum atomic E-state index is 11.4. The topological polar surface area (TPSA) is 56.2 Å². The van der Waals surface area contributed by atoms with E-state index in [1.807, 2.05) is 25.1 Å². The van der Waals surface area contributed by atoms with Gasteiger partial charge in [0.05, 0.1) is 17.6 Å². The van der Waals surface area contributed by atoms with Crippen LogP contribution >= 0.6 is 0 Å². The zero-order valence-electron chi connectivity index (χ0n) is 17.7. The molecule has 0 bridgehead atoms. The molecule has 5 nitrogen and oxygen atoms in total. The minimum atomic E-state index is 0.0992. The van der Waals surface area contributed by atoms with E-state index >= 15 is 0 Å². The van der Waals surface area contributed by atoms with Crippen molar-refractivity contribution in [2.75, 3.05) is 13.2 Å². The van der Waals surface area contributed by atoms with Crippen LogP contribution in [0.4, 0.5) is 0 Å². The number of carbonyl (C=O) groups excluding carboxylic acids is 1. The van der Waals surface area contributed by atoms with E-state index in [4.69, 9.17) is 9.72 Å². The molecule has 3 aromatic rings. The first kappa shape index (κ1) is 20.9. The standard InChI is InChI=1S/C24H31N3O2/c1-4-24(28)25-15-8-14-23-26-20-11-5-6-12-21(20)27(23)16-9-17-29-22-13-7-10-18(2)19(22)3/h5-7,10-13H,4,8-9,14-17H2,1-3H3,(H,25,28). The molecule has 0 unspecified atom stereocenters. The Kier molecular flexibility index (Phi) is 7.28. The summed E-state index contributed by atoms with van der Waals surface area (Å²) in [4.78, 5) is 16.2. The maximum absolute atomic E-state index is 11.4. The molecule has 0 fully saturated rings. The summed E-state index contributed by atoms with van der Waals surface area (Å²) < 4.78 is 8.32. The number of hydrogen-bond donors (Lipinski definition) is 1. The summed E-state index contributed by atoms with van der Waals surface area (Å²) in [6.07, 6.45) is 3.16. The number of aryl methyl sites for hydroxylation is 3. The van der Waals surface area contributed by atoms with E-state index in [1.54, 1.807) is 0 Å². The Balaban J connectivity index is 1.61. The van der Waals surface area contributed by atoms with Crippen LogP contribution in [0.2, 0.25) is 0 Å². The molecule has 1 amide bonds. The molecule has 1 aromatic heterocycles. The number of ether oxygens (including phenoxy) is 1. The average Bonchev–Trinajstić information content (AvgIpc) is 3.08. The van der Waals surface area contributed by atoms with Gasteiger partial charge in [-0.15, -0.1) is 0 Å². The molecule has 5 heteroatoms. The van der Waals surface area contributed by atoms with Gasteiger partial charge in [0.1, 0.15) is 11.6 Å². The third-order valence-electron chi connectivity index (χ3n) is 5.29. The van der Waals surface area contributed by atoms with Crippen LogP contribution in [0.3, 0.4) is 0 Å². The van der Waals surface area contributed by atoms with E-state index in [2.05, 4.69) is 48.0 Å². The fourth-order valence-electron chi connectivity index (χ4n) is 3.45. The van der Waals surface area contributed by atoms with E-state index in [0.29, 0.717) is 19.6 Å². The van der Waals surface area contributed by atoms with Crippen molar-refractivity contribution in [3.05, 3.63) is 59.4 Å². The van der Waals surface area contributed by atoms with Gasteiger partial charge in [0.2, 0.25) is 5.91 Å². The fraction of sp³-hybridized carbons (Fsp3) is 0.417. The van der Waals surface area contributed by atoms with Gasteiger partial charge < -0.3 is 14.6 Å². The lowest BCUT2D eigenvalue weighted by Crippen LogP contribution is -2.23. The van der Waals surface area contributed by atoms with Gasteiger partial charge in [0.15, 0.2) is 0 Å². The first-order valence-corrected chi connectivity index (χ1v) is 10.5. The van der Waals surface area contributed by atoms with Crippen molar-refractivity contribution < 1.29 is 9.53 Å². The minimum absolute atomic E-state index is 0.0992. The van der Waals surface area contributed by atoms with Gasteiger partial charge in [-0.05, 0) is 56.0 Å². The fourth-order valence-corrected chi connectivity index (χ4v) is 3.45. The number of nitrogens with zero attached hydrogens (tertiary/aromatic N) is 2. The van der Waals surface area contributed by atoms with Gasteiger partial charge >= 0.3 is 0 Å². The first-order chi connectivity index (χ1) is 14.1. The molecule has 0 radical (unpaired) electrons. The summed E-state index contributed by atoms with van der Waals surface area (Å²) >= 11 is 0. The molecule has 0 aliphatic heterocycles. The Morgan fingerprint density at radius 2 is 1.93 bits per heavy atom. The number of nitrogens with one attached hydrogen (secondary N) is 1. The summed E-state index contributed by atoms with van der Waals surface area (Å²) in [5, 5.41) is 2.94. The van der Waals surface area contributed by atoms with Gasteiger partial charge in [0, 0.05) is 25.9 Å². The Bertz CT molecular complexity index is 962. The number of para-hydroxylation sites is 2. The summed E-state index contributed by atoms with van der Waals surface area (Å²) in [7, 11) is 0. The lowest BCUT2D eigenvalue weighted by Gasteiger charge is -2.13. The Hall–Kier alpha value is -2.82. The highest BCUT2D eigenvalue weighted by Gasteiger charge is 2.10. The number of benzene rings is 2. The smallest absolute Gasteiger partial charge is 0.219 e. The molecular formula is C24H31N3O2. The molecule has 0 aliphatic carbocycles. The molecular weight excluding hydrogens is 362 g/mol. The van der Waals surface area contributed by atoms with Crippen molar-refractivity contribution in [3.63, 3.8) is 0 Å². The third-order valence-corrected chi connectivity index (χ3v) is 5.29. The van der Waals surface area contributed by atoms with E-state index in [9.17, 15) is 4.79 Å². The van der Waals surface area contributed by atoms with Crippen molar-refractivity contribution in [1.29, 1.82) is 0 Å². The lowest BCUT2D eigenvalue weighted by molar-refractivity contribution is -0.120. The predicted molar refractivity (Wildman–Crippen MR) is 117 cm³/mol. The van der Waals surface area contributed by atoms with Gasteiger partial charge in [0.25, 0.3) is 0 Å². The second-order valence-electron chi connectivity index (χ2n) is 7.38. The first-order valence-electron chi connectivity index (χ1n) is 10.5. The van der Waals surface area contributed by atoms with Gasteiger partial charge in [-0.2, -0.15) is 0 Å². The summed E-state index contributed by atoms with van der Waals surface area (Å²) in [5.41, 5.74) is 4.64. The molecule has 1 heterocycles. The molecule has 0 aliphatic rings. The van der Waals surface area contributed by atoms with Crippen LogP contribution in [-0.4, -0.2) is 28.6 Å². The van der Waals surface area contributed by atoms with E-state index in [-0.39, 0.29) is 5.91 Å². The zero-order chi connectivity index (χ0) is 20.6. The summed E-state index contributed by atoms with van der Waals surface area (Å²) in [6, 6.07) is 14.4. The van der Waals surface area contributed by atoms with E-state index < -0.39 is 0 Å². The number of hydrogen-bond acceptors (Lipinski definition) is 3. The summed E-state index contributed by atoms with van der Waals surface area (Å²) in [6.45, 7) is 8.30. The second kappa shape index (κ2) is 10.1. The van der Waals surface area contributed by atoms with Crippen LogP contribution in [0, 0.1) is 13.8 Å². The molecule has 154 valence electrons. The maximum Gasteiger partial charge on any atom is 0.219 e. The van der Waals surface area contributed by atoms with Gasteiger partial charge in [-0.1, -0.05) is 31.2 Å². The van der Waals surface area contributed by atoms with Gasteiger partial charge in [-0.3, -0.25) is 4.79 Å². The van der Waals surface area contributed by atoms with Crippen molar-refractivity contribution in [2.45, 2.75) is 53.0 Å². The van der Waals surface area contributed by atoms with Crippen molar-refractivity contribution >= 4 is 16.9 Å². The molecule has 0 saturated carbocycles. The van der Waals surface area contributed by atoms with Crippen LogP contribution in [0.1, 0.15) is 43.1 Å². The van der Waals surface area contributed by atoms with Crippen LogP contribution in [0.5, 0.6) is 5.75 Å². The average molecular weight is 394 g/mol. The minimum Gasteiger partial charge on any atom is -0.493 e. The highest BCUT2D eigenvalue weighted by atomic mass is 16.5. The van der Waals surface area contributed by atoms with Crippen LogP contribution in [-0.2, 0) is 17.8 Å². The molecule has 2 aromatic carbocycles. The highest BCUT2D eigenvalue weighted by molar-refractivity contribution is 5.76. The van der Waals surface area contributed by atoms with Crippen LogP contribution < -0.4 is 10.1 Å². The summed E-state index contributed by atoms with van der Waals surface area (Å²) in [5.74, 6) is 2.14. The van der Waals surface area contributed by atoms with Crippen molar-refractivity contribution in [2.24, 2.45) is 0 Å². The normalized spacial score (nSPS) is 11.0. The number of fused-ring (bicyclic) bond motifs is 1. The Morgan fingerprint density at radius 1 is 1.10 bits per heavy atom. The third kappa shape index (κ3) is 5.37. The van der Waals surface area contributed by atoms with Crippen molar-refractivity contribution in [3.8, 4) is 5.75 Å². The monoisotopic (exact) mass is 393 g/mol. The predicted octanol–water partition coefficient (Wildman–Crippen LogP) is 4.58. The molecule has 3 rings (SSSR count). The number of aromatic nitrogens is 2. The highest BCUT2D eigenvalue weighted by Crippen LogP contribution is 2.21. The zero-order valence-corrected chi connectivity index (χ0v) is 17.7. The van der Waals surface area contributed by atoms with Crippen LogP contribution in [0.15, 0.2) is 42.5 Å². The molecule has 29 heavy (non-hydrogen) atoms. The Morgan fingerprint density at radius 3 is 2.76 bits per heavy atom. The van der Waals surface area contributed by atoms with E-state index in [1.165, 1.54) is 11.1 Å². The molecule has 0 atom stereocenters. The Labute approximate surface area is 173 Å². The number of amides is 1. The molecule has 1 N–H and O–H groups in total. The lowest BCUT2D eigenvalue weighted by atomic mass is 10.1. The van der Waals surface area contributed by atoms with Crippen LogP contribution in [0.25, 0.3) is 11.0 Å². The molecule has 0 saturated heterocycles. The van der Waals surface area contributed by atoms with Gasteiger partial charge in [-0.25, -0.2) is 4.98 Å².